The maximum atomic E-state index is 12.8. The molecular formula is C62H106NO8+. The van der Waals surface area contributed by atoms with Gasteiger partial charge in [-0.2, -0.15) is 0 Å². The van der Waals surface area contributed by atoms with E-state index in [-0.39, 0.29) is 32.2 Å². The minimum Gasteiger partial charge on any atom is -0.477 e. The molecule has 2 unspecified atom stereocenters. The van der Waals surface area contributed by atoms with Crippen molar-refractivity contribution < 1.29 is 42.9 Å². The Morgan fingerprint density at radius 1 is 0.437 bits per heavy atom. The number of hydrogen-bond acceptors (Lipinski definition) is 7. The number of esters is 2. The molecule has 1 N–H and O–H groups in total. The molecular weight excluding hydrogens is 887 g/mol. The van der Waals surface area contributed by atoms with Gasteiger partial charge in [-0.1, -0.05) is 227 Å². The van der Waals surface area contributed by atoms with Crippen molar-refractivity contribution in [3.63, 3.8) is 0 Å². The Morgan fingerprint density at radius 2 is 0.803 bits per heavy atom. The number of hydrogen-bond donors (Lipinski definition) is 1. The standard InChI is InChI=1S/C62H105NO8/c1-6-8-10-12-13-14-15-16-17-18-19-20-21-22-23-24-25-26-27-28-29-30-31-32-33-34-35-36-37-38-39-40-41-42-43-44-45-46-47-49-51-53-60(65)71-58(56-69-59(64)52-50-48-11-9-7-2)57-70-62(61(66)67)68-55-54-63(3,4)5/h8,10,13-14,16-17,19-20,22-23,25-26,28-29,31-32,58,62H,6-7,9,11-12,15,18,21,24,27,30,33-57H2,1-5H3/p+1/b10-8-,14-13-,17-16-,20-19-,23-22-,26-25-,29-28-,32-31-. The second kappa shape index (κ2) is 52.5. The van der Waals surface area contributed by atoms with Gasteiger partial charge in [0.05, 0.1) is 34.4 Å². The van der Waals surface area contributed by atoms with E-state index in [9.17, 15) is 19.5 Å². The summed E-state index contributed by atoms with van der Waals surface area (Å²) in [5.74, 6) is -2.02. The van der Waals surface area contributed by atoms with Crippen molar-refractivity contribution in [3.8, 4) is 0 Å². The van der Waals surface area contributed by atoms with Gasteiger partial charge in [0.2, 0.25) is 0 Å². The van der Waals surface area contributed by atoms with Gasteiger partial charge >= 0.3 is 17.9 Å². The van der Waals surface area contributed by atoms with Gasteiger partial charge < -0.3 is 28.5 Å². The van der Waals surface area contributed by atoms with Crippen LogP contribution < -0.4 is 0 Å². The summed E-state index contributed by atoms with van der Waals surface area (Å²) in [4.78, 5) is 36.9. The fraction of sp³-hybridized carbons (Fsp3) is 0.694. The van der Waals surface area contributed by atoms with E-state index in [4.69, 9.17) is 18.9 Å². The minimum absolute atomic E-state index is 0.184. The van der Waals surface area contributed by atoms with Crippen molar-refractivity contribution in [3.05, 3.63) is 97.2 Å². The van der Waals surface area contributed by atoms with Gasteiger partial charge in [-0.25, -0.2) is 4.79 Å². The normalized spacial score (nSPS) is 13.5. The molecule has 0 heterocycles. The van der Waals surface area contributed by atoms with Crippen LogP contribution in [-0.2, 0) is 33.3 Å². The minimum atomic E-state index is -1.51. The van der Waals surface area contributed by atoms with E-state index >= 15 is 0 Å². The fourth-order valence-corrected chi connectivity index (χ4v) is 7.50. The third-order valence-electron chi connectivity index (χ3n) is 11.9. The molecule has 0 saturated carbocycles. The predicted molar refractivity (Wildman–Crippen MR) is 299 cm³/mol. The Bertz CT molecular complexity index is 1480. The lowest BCUT2D eigenvalue weighted by molar-refractivity contribution is -0.870. The molecule has 2 atom stereocenters. The van der Waals surface area contributed by atoms with E-state index in [1.807, 2.05) is 21.1 Å². The summed E-state index contributed by atoms with van der Waals surface area (Å²) in [6, 6.07) is 0. The van der Waals surface area contributed by atoms with Crippen molar-refractivity contribution in [1.29, 1.82) is 0 Å². The average molecular weight is 994 g/mol. The quantitative estimate of drug-likeness (QED) is 0.0211. The van der Waals surface area contributed by atoms with Crippen LogP contribution in [0.15, 0.2) is 97.2 Å². The maximum Gasteiger partial charge on any atom is 0.361 e. The molecule has 0 fully saturated rings. The Kier molecular flexibility index (Phi) is 49.7. The number of unbranched alkanes of at least 4 members (excludes halogenated alkanes) is 20. The first-order valence-electron chi connectivity index (χ1n) is 28.4. The SMILES string of the molecule is CC/C=C\C/C=C\C/C=C\C/C=C\C/C=C\C/C=C\C/C=C\C/C=C\CCCCCCCCCCCCCCCCCCC(=O)OC(COC(=O)CCCCCCC)COC(OCC[N+](C)(C)C)C(=O)O. The Balaban J connectivity index is 3.88. The third-order valence-corrected chi connectivity index (χ3v) is 11.9. The Labute approximate surface area is 435 Å². The highest BCUT2D eigenvalue weighted by Crippen LogP contribution is 2.16. The summed E-state index contributed by atoms with van der Waals surface area (Å²) in [6.45, 7) is 4.66. The van der Waals surface area contributed by atoms with E-state index in [0.29, 0.717) is 17.4 Å². The van der Waals surface area contributed by atoms with Gasteiger partial charge in [0, 0.05) is 12.8 Å². The molecule has 406 valence electrons. The number of aliphatic carboxylic acids is 1. The van der Waals surface area contributed by atoms with Gasteiger partial charge in [-0.15, -0.1) is 0 Å². The van der Waals surface area contributed by atoms with Crippen molar-refractivity contribution in [1.82, 2.24) is 0 Å². The highest BCUT2D eigenvalue weighted by atomic mass is 16.7. The summed E-state index contributed by atoms with van der Waals surface area (Å²) < 4.78 is 22.6. The average Bonchev–Trinajstić information content (AvgIpc) is 3.34. The first kappa shape index (κ1) is 67.2. The molecule has 0 aliphatic heterocycles. The van der Waals surface area contributed by atoms with Crippen LogP contribution in [0, 0.1) is 0 Å². The summed E-state index contributed by atoms with van der Waals surface area (Å²) in [5, 5.41) is 9.61. The highest BCUT2D eigenvalue weighted by molar-refractivity contribution is 5.71. The third kappa shape index (κ3) is 53.8. The Hall–Kier alpha value is -3.79. The summed E-state index contributed by atoms with van der Waals surface area (Å²) in [5.41, 5.74) is 0. The molecule has 9 heteroatoms. The van der Waals surface area contributed by atoms with Crippen LogP contribution in [0.3, 0.4) is 0 Å². The second-order valence-electron chi connectivity index (χ2n) is 19.9. The van der Waals surface area contributed by atoms with Crippen molar-refractivity contribution in [2.24, 2.45) is 0 Å². The molecule has 0 rings (SSSR count). The molecule has 0 aliphatic rings. The molecule has 0 aromatic heterocycles. The number of carbonyl (C=O) groups excluding carboxylic acids is 2. The summed E-state index contributed by atoms with van der Waals surface area (Å²) in [6.07, 6.45) is 68.5. The molecule has 71 heavy (non-hydrogen) atoms. The number of carboxylic acid groups (broad SMARTS) is 1. The van der Waals surface area contributed by atoms with Crippen molar-refractivity contribution in [2.45, 2.75) is 232 Å². The van der Waals surface area contributed by atoms with Gasteiger partial charge in [-0.05, 0) is 77.0 Å². The smallest absolute Gasteiger partial charge is 0.361 e. The molecule has 0 saturated heterocycles. The summed E-state index contributed by atoms with van der Waals surface area (Å²) in [7, 11) is 5.95. The lowest BCUT2D eigenvalue weighted by atomic mass is 10.0. The zero-order valence-corrected chi connectivity index (χ0v) is 46.1. The lowest BCUT2D eigenvalue weighted by Crippen LogP contribution is -2.40. The van der Waals surface area contributed by atoms with Gasteiger partial charge in [0.1, 0.15) is 13.2 Å². The topological polar surface area (TPSA) is 108 Å². The van der Waals surface area contributed by atoms with Crippen molar-refractivity contribution in [2.75, 3.05) is 47.5 Å². The maximum absolute atomic E-state index is 12.8. The van der Waals surface area contributed by atoms with Crippen LogP contribution in [0.4, 0.5) is 0 Å². The first-order valence-corrected chi connectivity index (χ1v) is 28.4. The zero-order valence-electron chi connectivity index (χ0n) is 46.1. The van der Waals surface area contributed by atoms with Gasteiger partial charge in [0.25, 0.3) is 6.29 Å². The number of likely N-dealkylation sites (N-methyl/N-ethyl adjacent to an activating group) is 1. The van der Waals surface area contributed by atoms with Crippen LogP contribution in [-0.4, -0.2) is 87.4 Å². The van der Waals surface area contributed by atoms with Crippen LogP contribution in [0.25, 0.3) is 0 Å². The largest absolute Gasteiger partial charge is 0.477 e. The van der Waals surface area contributed by atoms with E-state index in [2.05, 4.69) is 111 Å². The number of quaternary nitrogens is 1. The van der Waals surface area contributed by atoms with E-state index in [0.717, 1.165) is 103 Å². The Morgan fingerprint density at radius 3 is 1.20 bits per heavy atom. The second-order valence-corrected chi connectivity index (χ2v) is 19.9. The molecule has 0 amide bonds. The van der Waals surface area contributed by atoms with Crippen LogP contribution >= 0.6 is 0 Å². The molecule has 9 nitrogen and oxygen atoms in total. The predicted octanol–water partition coefficient (Wildman–Crippen LogP) is 16.6. The molecule has 0 aromatic rings. The molecule has 0 spiro atoms. The van der Waals surface area contributed by atoms with Crippen LogP contribution in [0.1, 0.15) is 219 Å². The molecule has 0 radical (unpaired) electrons. The highest BCUT2D eigenvalue weighted by Gasteiger charge is 2.25. The number of carboxylic acids is 1. The monoisotopic (exact) mass is 993 g/mol. The van der Waals surface area contributed by atoms with Crippen molar-refractivity contribution >= 4 is 17.9 Å². The molecule has 0 aliphatic carbocycles. The van der Waals surface area contributed by atoms with E-state index in [1.54, 1.807) is 0 Å². The number of rotatable bonds is 51. The number of nitrogens with zero attached hydrogens (tertiary/aromatic N) is 1. The number of ether oxygens (including phenoxy) is 4. The lowest BCUT2D eigenvalue weighted by Gasteiger charge is -2.25. The van der Waals surface area contributed by atoms with Gasteiger partial charge in [-0.3, -0.25) is 9.59 Å². The van der Waals surface area contributed by atoms with E-state index < -0.39 is 24.3 Å². The first-order chi connectivity index (χ1) is 34.6. The van der Waals surface area contributed by atoms with Crippen LogP contribution in [0.2, 0.25) is 0 Å². The zero-order chi connectivity index (χ0) is 52.0. The van der Waals surface area contributed by atoms with E-state index in [1.165, 1.54) is 89.9 Å². The number of carbonyl (C=O) groups is 3. The number of allylic oxidation sites excluding steroid dienone is 16. The summed E-state index contributed by atoms with van der Waals surface area (Å²) >= 11 is 0. The molecule has 0 aromatic carbocycles. The molecule has 0 bridgehead atoms. The fourth-order valence-electron chi connectivity index (χ4n) is 7.50. The van der Waals surface area contributed by atoms with Crippen LogP contribution in [0.5, 0.6) is 0 Å². The van der Waals surface area contributed by atoms with Gasteiger partial charge in [0.15, 0.2) is 6.10 Å².